The third-order valence-corrected chi connectivity index (χ3v) is 3.46. The fourth-order valence-electron chi connectivity index (χ4n) is 2.25. The zero-order valence-electron chi connectivity index (χ0n) is 10.4. The van der Waals surface area contributed by atoms with Gasteiger partial charge in [-0.05, 0) is 18.5 Å². The molecule has 2 atom stereocenters. The number of carbonyl (C=O) groups excluding carboxylic acids is 1. The summed E-state index contributed by atoms with van der Waals surface area (Å²) in [6.45, 7) is 4.55. The van der Waals surface area contributed by atoms with E-state index in [0.717, 1.165) is 25.2 Å². The average molecular weight is 236 g/mol. The Morgan fingerprint density at radius 2 is 2.47 bits per heavy atom. The van der Waals surface area contributed by atoms with E-state index in [1.165, 1.54) is 0 Å². The minimum Gasteiger partial charge on any atom is -0.355 e. The van der Waals surface area contributed by atoms with E-state index in [0.29, 0.717) is 12.5 Å². The quantitative estimate of drug-likeness (QED) is 0.769. The summed E-state index contributed by atoms with van der Waals surface area (Å²) in [6.07, 6.45) is 2.61. The molecule has 2 unspecified atom stereocenters. The van der Waals surface area contributed by atoms with Gasteiger partial charge < -0.3 is 10.6 Å². The third-order valence-electron chi connectivity index (χ3n) is 3.46. The van der Waals surface area contributed by atoms with Crippen LogP contribution >= 0.6 is 0 Å². The molecule has 1 aromatic heterocycles. The SMILES string of the molecule is CC1CNCC1C(=O)NCCc1ccnn1C. The summed E-state index contributed by atoms with van der Waals surface area (Å²) in [5.41, 5.74) is 1.14. The molecule has 0 saturated carbocycles. The predicted molar refractivity (Wildman–Crippen MR) is 65.4 cm³/mol. The molecule has 1 aliphatic heterocycles. The second-order valence-corrected chi connectivity index (χ2v) is 4.73. The van der Waals surface area contributed by atoms with Crippen molar-refractivity contribution in [3.63, 3.8) is 0 Å². The average Bonchev–Trinajstić information content (AvgIpc) is 2.88. The number of amides is 1. The lowest BCUT2D eigenvalue weighted by molar-refractivity contribution is -0.125. The van der Waals surface area contributed by atoms with E-state index < -0.39 is 0 Å². The smallest absolute Gasteiger partial charge is 0.224 e. The van der Waals surface area contributed by atoms with Crippen molar-refractivity contribution < 1.29 is 4.79 Å². The van der Waals surface area contributed by atoms with E-state index in [-0.39, 0.29) is 11.8 Å². The molecule has 94 valence electrons. The zero-order chi connectivity index (χ0) is 12.3. The molecule has 1 aromatic rings. The van der Waals surface area contributed by atoms with Crippen LogP contribution in [0.3, 0.4) is 0 Å². The van der Waals surface area contributed by atoms with Gasteiger partial charge in [0.05, 0.1) is 5.92 Å². The van der Waals surface area contributed by atoms with Crippen molar-refractivity contribution in [1.82, 2.24) is 20.4 Å². The number of hydrogen-bond donors (Lipinski definition) is 2. The highest BCUT2D eigenvalue weighted by Crippen LogP contribution is 2.15. The Morgan fingerprint density at radius 1 is 1.65 bits per heavy atom. The Bertz CT molecular complexity index is 388. The number of nitrogens with one attached hydrogen (secondary N) is 2. The van der Waals surface area contributed by atoms with Crippen LogP contribution in [0, 0.1) is 11.8 Å². The highest BCUT2D eigenvalue weighted by atomic mass is 16.1. The van der Waals surface area contributed by atoms with Gasteiger partial charge in [0.1, 0.15) is 0 Å². The van der Waals surface area contributed by atoms with Crippen LogP contribution in [0.2, 0.25) is 0 Å². The van der Waals surface area contributed by atoms with Crippen LogP contribution in [0.15, 0.2) is 12.3 Å². The first kappa shape index (κ1) is 12.1. The summed E-state index contributed by atoms with van der Waals surface area (Å²) >= 11 is 0. The van der Waals surface area contributed by atoms with Gasteiger partial charge in [-0.25, -0.2) is 0 Å². The molecule has 5 nitrogen and oxygen atoms in total. The topological polar surface area (TPSA) is 59.0 Å². The molecule has 1 fully saturated rings. The van der Waals surface area contributed by atoms with Crippen LogP contribution in [0.1, 0.15) is 12.6 Å². The van der Waals surface area contributed by atoms with Crippen molar-refractivity contribution in [2.45, 2.75) is 13.3 Å². The summed E-state index contributed by atoms with van der Waals surface area (Å²) in [5.74, 6) is 0.734. The van der Waals surface area contributed by atoms with E-state index in [1.807, 2.05) is 17.8 Å². The zero-order valence-corrected chi connectivity index (χ0v) is 10.4. The largest absolute Gasteiger partial charge is 0.355 e. The maximum absolute atomic E-state index is 11.9. The molecule has 5 heteroatoms. The van der Waals surface area contributed by atoms with Gasteiger partial charge in [0.2, 0.25) is 5.91 Å². The van der Waals surface area contributed by atoms with Crippen LogP contribution in [-0.2, 0) is 18.3 Å². The van der Waals surface area contributed by atoms with Gasteiger partial charge in [-0.15, -0.1) is 0 Å². The molecule has 2 rings (SSSR count). The Balaban J connectivity index is 1.75. The van der Waals surface area contributed by atoms with Crippen LogP contribution in [0.25, 0.3) is 0 Å². The monoisotopic (exact) mass is 236 g/mol. The lowest BCUT2D eigenvalue weighted by atomic mass is 9.97. The van der Waals surface area contributed by atoms with Gasteiger partial charge in [0.15, 0.2) is 0 Å². The van der Waals surface area contributed by atoms with Gasteiger partial charge in [0.25, 0.3) is 0 Å². The second-order valence-electron chi connectivity index (χ2n) is 4.73. The molecular formula is C12H20N4O. The van der Waals surface area contributed by atoms with E-state index in [2.05, 4.69) is 22.7 Å². The molecule has 0 aromatic carbocycles. The van der Waals surface area contributed by atoms with Crippen LogP contribution in [0.4, 0.5) is 0 Å². The second kappa shape index (κ2) is 5.31. The molecule has 2 heterocycles. The first-order valence-electron chi connectivity index (χ1n) is 6.14. The Hall–Kier alpha value is -1.36. The standard InChI is InChI=1S/C12H20N4O/c1-9-7-13-8-11(9)12(17)14-5-3-10-4-6-15-16(10)2/h4,6,9,11,13H,3,5,7-8H2,1-2H3,(H,14,17). The molecule has 1 saturated heterocycles. The number of carbonyl (C=O) groups is 1. The fraction of sp³-hybridized carbons (Fsp3) is 0.667. The molecule has 0 radical (unpaired) electrons. The minimum atomic E-state index is 0.126. The lowest BCUT2D eigenvalue weighted by Crippen LogP contribution is -2.35. The highest BCUT2D eigenvalue weighted by molar-refractivity contribution is 5.79. The Labute approximate surface area is 102 Å². The van der Waals surface area contributed by atoms with Gasteiger partial charge in [0, 0.05) is 38.4 Å². The molecule has 1 amide bonds. The number of aromatic nitrogens is 2. The van der Waals surface area contributed by atoms with Crippen LogP contribution in [-0.4, -0.2) is 35.3 Å². The van der Waals surface area contributed by atoms with Crippen LogP contribution < -0.4 is 10.6 Å². The molecule has 17 heavy (non-hydrogen) atoms. The van der Waals surface area contributed by atoms with Crippen LogP contribution in [0.5, 0.6) is 0 Å². The Morgan fingerprint density at radius 3 is 3.06 bits per heavy atom. The lowest BCUT2D eigenvalue weighted by Gasteiger charge is -2.14. The van der Waals surface area contributed by atoms with Crippen molar-refractivity contribution in [1.29, 1.82) is 0 Å². The van der Waals surface area contributed by atoms with Gasteiger partial charge in [-0.3, -0.25) is 9.48 Å². The molecule has 0 aliphatic carbocycles. The van der Waals surface area contributed by atoms with Crippen molar-refractivity contribution in [3.8, 4) is 0 Å². The van der Waals surface area contributed by atoms with E-state index in [4.69, 9.17) is 0 Å². The van der Waals surface area contributed by atoms with E-state index in [9.17, 15) is 4.79 Å². The van der Waals surface area contributed by atoms with Gasteiger partial charge in [-0.2, -0.15) is 5.10 Å². The first-order valence-corrected chi connectivity index (χ1v) is 6.14. The van der Waals surface area contributed by atoms with Crippen molar-refractivity contribution in [2.75, 3.05) is 19.6 Å². The fourth-order valence-corrected chi connectivity index (χ4v) is 2.25. The summed E-state index contributed by atoms with van der Waals surface area (Å²) in [6, 6.07) is 1.98. The summed E-state index contributed by atoms with van der Waals surface area (Å²) < 4.78 is 1.84. The number of rotatable bonds is 4. The first-order chi connectivity index (χ1) is 8.18. The number of aryl methyl sites for hydroxylation is 1. The summed E-state index contributed by atoms with van der Waals surface area (Å²) in [7, 11) is 1.92. The van der Waals surface area contributed by atoms with Crippen molar-refractivity contribution in [3.05, 3.63) is 18.0 Å². The van der Waals surface area contributed by atoms with E-state index in [1.54, 1.807) is 6.20 Å². The number of nitrogens with zero attached hydrogens (tertiary/aromatic N) is 2. The van der Waals surface area contributed by atoms with Gasteiger partial charge >= 0.3 is 0 Å². The third kappa shape index (κ3) is 2.85. The number of hydrogen-bond acceptors (Lipinski definition) is 3. The van der Waals surface area contributed by atoms with Crippen molar-refractivity contribution in [2.24, 2.45) is 18.9 Å². The molecular weight excluding hydrogens is 216 g/mol. The highest BCUT2D eigenvalue weighted by Gasteiger charge is 2.28. The van der Waals surface area contributed by atoms with Crippen molar-refractivity contribution >= 4 is 5.91 Å². The van der Waals surface area contributed by atoms with Gasteiger partial charge in [-0.1, -0.05) is 6.92 Å². The summed E-state index contributed by atoms with van der Waals surface area (Å²) in [5, 5.41) is 10.3. The maximum atomic E-state index is 11.9. The predicted octanol–water partition coefficient (Wildman–Crippen LogP) is -0.0657. The Kier molecular flexibility index (Phi) is 3.78. The molecule has 0 spiro atoms. The summed E-state index contributed by atoms with van der Waals surface area (Å²) in [4.78, 5) is 11.9. The molecule has 0 bridgehead atoms. The minimum absolute atomic E-state index is 0.126. The molecule has 1 aliphatic rings. The maximum Gasteiger partial charge on any atom is 0.224 e. The van der Waals surface area contributed by atoms with E-state index >= 15 is 0 Å². The normalized spacial score (nSPS) is 23.9. The molecule has 2 N–H and O–H groups in total.